The van der Waals surface area contributed by atoms with Gasteiger partial charge in [0.05, 0.1) is 23.9 Å². The number of rotatable bonds is 5. The van der Waals surface area contributed by atoms with Crippen LogP contribution in [0.3, 0.4) is 0 Å². The van der Waals surface area contributed by atoms with Gasteiger partial charge in [0.15, 0.2) is 11.3 Å². The summed E-state index contributed by atoms with van der Waals surface area (Å²) in [4.78, 5) is 4.42. The number of nitriles is 1. The summed E-state index contributed by atoms with van der Waals surface area (Å²) in [5.41, 5.74) is 3.00. The molecular weight excluding hydrogens is 411 g/mol. The quantitative estimate of drug-likeness (QED) is 0.361. The van der Waals surface area contributed by atoms with Crippen LogP contribution in [0.1, 0.15) is 36.5 Å². The summed E-state index contributed by atoms with van der Waals surface area (Å²) in [6.07, 6.45) is 0.285. The molecule has 0 aliphatic carbocycles. The fourth-order valence-corrected chi connectivity index (χ4v) is 3.77. The topological polar surface area (TPSA) is 120 Å². The first-order chi connectivity index (χ1) is 15.3. The van der Waals surface area contributed by atoms with Crippen molar-refractivity contribution in [2.45, 2.75) is 20.3 Å². The summed E-state index contributed by atoms with van der Waals surface area (Å²) in [6.45, 7) is 3.05. The summed E-state index contributed by atoms with van der Waals surface area (Å²) in [5.74, 6) is 0.521. The molecule has 0 aliphatic rings. The summed E-state index contributed by atoms with van der Waals surface area (Å²) >= 11 is 0. The molecule has 0 fully saturated rings. The zero-order valence-electron chi connectivity index (χ0n) is 17.6. The van der Waals surface area contributed by atoms with Crippen molar-refractivity contribution in [3.05, 3.63) is 70.6 Å². The van der Waals surface area contributed by atoms with Gasteiger partial charge in [-0.3, -0.25) is 4.40 Å². The maximum atomic E-state index is 13.7. The molecular formula is C23H19FN6O2. The van der Waals surface area contributed by atoms with Crippen LogP contribution in [-0.4, -0.2) is 37.5 Å². The average molecular weight is 430 g/mol. The summed E-state index contributed by atoms with van der Waals surface area (Å²) in [5, 5.41) is 36.2. The van der Waals surface area contributed by atoms with E-state index in [1.54, 1.807) is 35.6 Å². The molecule has 2 heterocycles. The second-order valence-electron chi connectivity index (χ2n) is 7.28. The van der Waals surface area contributed by atoms with Gasteiger partial charge < -0.3 is 15.3 Å². The number of aliphatic hydroxyl groups excluding tert-OH is 1. The molecule has 0 saturated heterocycles. The fraction of sp³-hybridized carbons (Fsp3) is 0.174. The highest BCUT2D eigenvalue weighted by Crippen LogP contribution is 2.33. The Kier molecular flexibility index (Phi) is 5.28. The predicted molar refractivity (Wildman–Crippen MR) is 117 cm³/mol. The summed E-state index contributed by atoms with van der Waals surface area (Å²) in [7, 11) is 1.49. The van der Waals surface area contributed by atoms with E-state index in [9.17, 15) is 14.8 Å². The van der Waals surface area contributed by atoms with Gasteiger partial charge in [0.1, 0.15) is 23.5 Å². The lowest BCUT2D eigenvalue weighted by atomic mass is 9.98. The Labute approximate surface area is 182 Å². The number of hydrogen-bond acceptors (Lipinski definition) is 7. The number of nitrogens with one attached hydrogen (secondary N) is 1. The molecule has 0 amide bonds. The van der Waals surface area contributed by atoms with Crippen molar-refractivity contribution in [1.29, 1.82) is 10.7 Å². The lowest BCUT2D eigenvalue weighted by Crippen LogP contribution is -2.05. The molecule has 0 radical (unpaired) electrons. The first-order valence-electron chi connectivity index (χ1n) is 9.70. The van der Waals surface area contributed by atoms with Gasteiger partial charge in [-0.25, -0.2) is 9.37 Å². The molecule has 0 spiro atoms. The molecule has 4 aromatic rings. The Morgan fingerprint density at radius 1 is 1.25 bits per heavy atom. The molecule has 0 saturated carbocycles. The fourth-order valence-electron chi connectivity index (χ4n) is 3.77. The number of allylic oxidation sites excluding steroid dienone is 2. The summed E-state index contributed by atoms with van der Waals surface area (Å²) < 4.78 is 20.9. The Bertz CT molecular complexity index is 1460. The van der Waals surface area contributed by atoms with E-state index in [1.165, 1.54) is 26.2 Å². The van der Waals surface area contributed by atoms with Crippen molar-refractivity contribution in [2.75, 3.05) is 7.11 Å². The van der Waals surface area contributed by atoms with Crippen molar-refractivity contribution in [3.63, 3.8) is 0 Å². The Hall–Kier alpha value is -4.32. The van der Waals surface area contributed by atoms with Gasteiger partial charge in [-0.2, -0.15) is 5.26 Å². The molecule has 8 nitrogen and oxygen atoms in total. The molecule has 32 heavy (non-hydrogen) atoms. The molecule has 0 aliphatic heterocycles. The second kappa shape index (κ2) is 8.07. The predicted octanol–water partition coefficient (Wildman–Crippen LogP) is 4.22. The maximum Gasteiger partial charge on any atom is 0.198 e. The van der Waals surface area contributed by atoms with Crippen LogP contribution >= 0.6 is 0 Å². The second-order valence-corrected chi connectivity index (χ2v) is 7.28. The minimum atomic E-state index is -0.354. The van der Waals surface area contributed by atoms with Crippen LogP contribution in [-0.2, 0) is 6.42 Å². The highest BCUT2D eigenvalue weighted by atomic mass is 19.1. The van der Waals surface area contributed by atoms with Gasteiger partial charge in [-0.15, -0.1) is 10.2 Å². The maximum absolute atomic E-state index is 13.7. The minimum absolute atomic E-state index is 0.0344. The number of benzene rings is 2. The van der Waals surface area contributed by atoms with Crippen molar-refractivity contribution in [2.24, 2.45) is 0 Å². The van der Waals surface area contributed by atoms with E-state index in [4.69, 9.17) is 10.1 Å². The standard InChI is InChI=1S/C23H19FN6O2/c1-12(26)22(13(2)31)16-9-17-19(10-20(16)32-3)30-21(8-14-5-4-6-15(24)7-14)28-29-23(30)18(11-25)27-17/h4-7,9-10,26,31H,8H2,1-3H3/b22-13+,26-12?. The van der Waals surface area contributed by atoms with E-state index in [0.29, 0.717) is 39.3 Å². The Balaban J connectivity index is 2.04. The molecule has 0 bridgehead atoms. The number of ether oxygens (including phenoxy) is 1. The number of nitrogens with zero attached hydrogens (tertiary/aromatic N) is 5. The lowest BCUT2D eigenvalue weighted by molar-refractivity contribution is 0.409. The number of hydrogen-bond donors (Lipinski definition) is 2. The van der Waals surface area contributed by atoms with E-state index in [0.717, 1.165) is 0 Å². The third-order valence-electron chi connectivity index (χ3n) is 5.08. The van der Waals surface area contributed by atoms with Gasteiger partial charge >= 0.3 is 0 Å². The van der Waals surface area contributed by atoms with E-state index in [-0.39, 0.29) is 35.0 Å². The highest BCUT2D eigenvalue weighted by molar-refractivity contribution is 6.22. The molecule has 0 unspecified atom stereocenters. The minimum Gasteiger partial charge on any atom is -0.512 e. The van der Waals surface area contributed by atoms with E-state index < -0.39 is 0 Å². The molecule has 9 heteroatoms. The Morgan fingerprint density at radius 3 is 2.66 bits per heavy atom. The van der Waals surface area contributed by atoms with Gasteiger partial charge in [-0.1, -0.05) is 12.1 Å². The smallest absolute Gasteiger partial charge is 0.198 e. The molecule has 2 aromatic heterocycles. The van der Waals surface area contributed by atoms with Crippen LogP contribution in [0.4, 0.5) is 4.39 Å². The van der Waals surface area contributed by atoms with E-state index in [2.05, 4.69) is 15.2 Å². The normalized spacial score (nSPS) is 12.0. The first kappa shape index (κ1) is 20.9. The van der Waals surface area contributed by atoms with Gasteiger partial charge in [0.2, 0.25) is 0 Å². The monoisotopic (exact) mass is 430 g/mol. The SMILES string of the molecule is COc1cc2c(cc1/C(C(C)=N)=C(\C)O)nc(C#N)c1nnc(Cc3cccc(F)c3)n12. The third kappa shape index (κ3) is 3.52. The Morgan fingerprint density at radius 2 is 2.03 bits per heavy atom. The van der Waals surface area contributed by atoms with Crippen LogP contribution in [0.2, 0.25) is 0 Å². The molecule has 0 atom stereocenters. The third-order valence-corrected chi connectivity index (χ3v) is 5.08. The van der Waals surface area contributed by atoms with Gasteiger partial charge in [0, 0.05) is 29.3 Å². The van der Waals surface area contributed by atoms with Crippen molar-refractivity contribution in [1.82, 2.24) is 19.6 Å². The van der Waals surface area contributed by atoms with Crippen LogP contribution < -0.4 is 4.74 Å². The molecule has 160 valence electrons. The summed E-state index contributed by atoms with van der Waals surface area (Å²) in [6, 6.07) is 11.6. The van der Waals surface area contributed by atoms with Gasteiger partial charge in [0.25, 0.3) is 0 Å². The number of aromatic nitrogens is 4. The largest absolute Gasteiger partial charge is 0.512 e. The van der Waals surface area contributed by atoms with Crippen LogP contribution in [0.15, 0.2) is 42.2 Å². The molecule has 2 N–H and O–H groups in total. The zero-order chi connectivity index (χ0) is 23.0. The first-order valence-corrected chi connectivity index (χ1v) is 9.70. The van der Waals surface area contributed by atoms with Crippen LogP contribution in [0, 0.1) is 22.6 Å². The average Bonchev–Trinajstić information content (AvgIpc) is 3.16. The van der Waals surface area contributed by atoms with Crippen LogP contribution in [0.25, 0.3) is 22.3 Å². The highest BCUT2D eigenvalue weighted by Gasteiger charge is 2.20. The molecule has 2 aromatic carbocycles. The van der Waals surface area contributed by atoms with Gasteiger partial charge in [-0.05, 0) is 37.6 Å². The van der Waals surface area contributed by atoms with E-state index in [1.807, 2.05) is 6.07 Å². The van der Waals surface area contributed by atoms with Crippen molar-refractivity contribution in [3.8, 4) is 11.8 Å². The lowest BCUT2D eigenvalue weighted by Gasteiger charge is -2.15. The van der Waals surface area contributed by atoms with Crippen molar-refractivity contribution >= 4 is 28.0 Å². The zero-order valence-corrected chi connectivity index (χ0v) is 17.6. The van der Waals surface area contributed by atoms with Crippen molar-refractivity contribution < 1.29 is 14.2 Å². The number of methoxy groups -OCH3 is 1. The number of halogens is 1. The molecule has 4 rings (SSSR count). The number of aliphatic hydroxyl groups is 1. The van der Waals surface area contributed by atoms with Crippen LogP contribution in [0.5, 0.6) is 5.75 Å². The van der Waals surface area contributed by atoms with E-state index >= 15 is 0 Å². The number of fused-ring (bicyclic) bond motifs is 3.